The fourth-order valence-electron chi connectivity index (χ4n) is 1.99. The number of carbonyl (C=O) groups is 4. The topological polar surface area (TPSA) is 127 Å². The van der Waals surface area contributed by atoms with Gasteiger partial charge in [-0.25, -0.2) is 9.59 Å². The number of H-pyrrole nitrogens is 1. The van der Waals surface area contributed by atoms with Crippen molar-refractivity contribution < 1.29 is 28.7 Å². The van der Waals surface area contributed by atoms with Crippen molar-refractivity contribution in [2.75, 3.05) is 26.8 Å². The highest BCUT2D eigenvalue weighted by Crippen LogP contribution is 2.19. The number of amides is 2. The first-order chi connectivity index (χ1) is 11.3. The summed E-state index contributed by atoms with van der Waals surface area (Å²) in [4.78, 5) is 49.2. The van der Waals surface area contributed by atoms with Crippen molar-refractivity contribution in [2.24, 2.45) is 0 Å². The van der Waals surface area contributed by atoms with Crippen LogP contribution in [-0.4, -0.2) is 55.5 Å². The average molecular weight is 339 g/mol. The van der Waals surface area contributed by atoms with Gasteiger partial charge in [0.1, 0.15) is 5.69 Å². The zero-order valence-electron chi connectivity index (χ0n) is 14.1. The highest BCUT2D eigenvalue weighted by molar-refractivity contribution is 5.99. The predicted octanol–water partition coefficient (Wildman–Crippen LogP) is -0.173. The van der Waals surface area contributed by atoms with Gasteiger partial charge in [-0.1, -0.05) is 0 Å². The minimum atomic E-state index is -0.744. The number of aryl methyl sites for hydroxylation is 1. The molecule has 9 heteroatoms. The first-order valence-electron chi connectivity index (χ1n) is 7.32. The Hall–Kier alpha value is -2.84. The van der Waals surface area contributed by atoms with Crippen molar-refractivity contribution in [1.82, 2.24) is 15.6 Å². The summed E-state index contributed by atoms with van der Waals surface area (Å²) in [6.07, 6.45) is 0. The van der Waals surface area contributed by atoms with E-state index in [-0.39, 0.29) is 30.3 Å². The Bertz CT molecular complexity index is 650. The molecule has 24 heavy (non-hydrogen) atoms. The number of aromatic amines is 1. The first kappa shape index (κ1) is 19.2. The van der Waals surface area contributed by atoms with Gasteiger partial charge in [0, 0.05) is 12.7 Å². The SMILES string of the molecule is CCOC(=O)c1[nH]c(C)c(C(=O)OCC(=O)NCC(=O)NC)c1C. The monoisotopic (exact) mass is 339 g/mol. The minimum Gasteiger partial charge on any atom is -0.461 e. The molecule has 0 aliphatic carbocycles. The van der Waals surface area contributed by atoms with Gasteiger partial charge in [-0.05, 0) is 26.3 Å². The lowest BCUT2D eigenvalue weighted by Crippen LogP contribution is -2.37. The van der Waals surface area contributed by atoms with Crippen LogP contribution in [0, 0.1) is 13.8 Å². The van der Waals surface area contributed by atoms with E-state index in [9.17, 15) is 19.2 Å². The van der Waals surface area contributed by atoms with Crippen molar-refractivity contribution in [3.63, 3.8) is 0 Å². The Labute approximate surface area is 139 Å². The number of rotatable bonds is 7. The van der Waals surface area contributed by atoms with E-state index in [1.54, 1.807) is 20.8 Å². The van der Waals surface area contributed by atoms with E-state index in [4.69, 9.17) is 9.47 Å². The molecule has 1 heterocycles. The highest BCUT2D eigenvalue weighted by Gasteiger charge is 2.24. The smallest absolute Gasteiger partial charge is 0.355 e. The lowest BCUT2D eigenvalue weighted by molar-refractivity contribution is -0.127. The molecular weight excluding hydrogens is 318 g/mol. The highest BCUT2D eigenvalue weighted by atomic mass is 16.5. The van der Waals surface area contributed by atoms with Gasteiger partial charge in [-0.15, -0.1) is 0 Å². The Kier molecular flexibility index (Phi) is 6.97. The van der Waals surface area contributed by atoms with Crippen molar-refractivity contribution >= 4 is 23.8 Å². The maximum absolute atomic E-state index is 12.1. The van der Waals surface area contributed by atoms with Crippen molar-refractivity contribution in [2.45, 2.75) is 20.8 Å². The lowest BCUT2D eigenvalue weighted by Gasteiger charge is -2.06. The molecule has 0 bridgehead atoms. The fraction of sp³-hybridized carbons (Fsp3) is 0.467. The van der Waals surface area contributed by atoms with Gasteiger partial charge >= 0.3 is 11.9 Å². The molecule has 0 fully saturated rings. The van der Waals surface area contributed by atoms with E-state index in [0.29, 0.717) is 11.3 Å². The third-order valence-corrected chi connectivity index (χ3v) is 3.18. The van der Waals surface area contributed by atoms with Crippen LogP contribution >= 0.6 is 0 Å². The summed E-state index contributed by atoms with van der Waals surface area (Å²) < 4.78 is 9.81. The van der Waals surface area contributed by atoms with Gasteiger partial charge in [-0.3, -0.25) is 9.59 Å². The predicted molar refractivity (Wildman–Crippen MR) is 83.6 cm³/mol. The molecule has 9 nitrogen and oxygen atoms in total. The Morgan fingerprint density at radius 1 is 1.04 bits per heavy atom. The molecule has 3 N–H and O–H groups in total. The van der Waals surface area contributed by atoms with E-state index in [1.165, 1.54) is 7.05 Å². The largest absolute Gasteiger partial charge is 0.461 e. The van der Waals surface area contributed by atoms with E-state index < -0.39 is 24.5 Å². The lowest BCUT2D eigenvalue weighted by atomic mass is 10.1. The van der Waals surface area contributed by atoms with Gasteiger partial charge in [0.2, 0.25) is 5.91 Å². The molecule has 0 aromatic carbocycles. The van der Waals surface area contributed by atoms with Gasteiger partial charge in [0.05, 0.1) is 18.7 Å². The number of esters is 2. The van der Waals surface area contributed by atoms with E-state index in [0.717, 1.165) is 0 Å². The van der Waals surface area contributed by atoms with Gasteiger partial charge in [0.15, 0.2) is 6.61 Å². The van der Waals surface area contributed by atoms with Crippen molar-refractivity contribution in [1.29, 1.82) is 0 Å². The zero-order valence-corrected chi connectivity index (χ0v) is 14.1. The van der Waals surface area contributed by atoms with Crippen LogP contribution in [0.25, 0.3) is 0 Å². The van der Waals surface area contributed by atoms with E-state index >= 15 is 0 Å². The molecule has 2 amide bonds. The molecule has 0 unspecified atom stereocenters. The Morgan fingerprint density at radius 3 is 2.29 bits per heavy atom. The summed E-state index contributed by atoms with van der Waals surface area (Å²) in [5.41, 5.74) is 1.18. The number of aromatic nitrogens is 1. The van der Waals surface area contributed by atoms with Crippen LogP contribution in [-0.2, 0) is 19.1 Å². The van der Waals surface area contributed by atoms with Gasteiger partial charge < -0.3 is 25.1 Å². The molecule has 1 aromatic heterocycles. The van der Waals surface area contributed by atoms with Crippen LogP contribution < -0.4 is 10.6 Å². The summed E-state index contributed by atoms with van der Waals surface area (Å²) in [6, 6.07) is 0. The van der Waals surface area contributed by atoms with Crippen LogP contribution in [0.15, 0.2) is 0 Å². The molecule has 0 atom stereocenters. The fourth-order valence-corrected chi connectivity index (χ4v) is 1.99. The maximum Gasteiger partial charge on any atom is 0.355 e. The molecule has 132 valence electrons. The standard InChI is InChI=1S/C15H21N3O6/c1-5-23-15(22)13-8(2)12(9(3)18-13)14(21)24-7-11(20)17-6-10(19)16-4/h18H,5-7H2,1-4H3,(H,16,19)(H,17,20). The summed E-state index contributed by atoms with van der Waals surface area (Å²) >= 11 is 0. The van der Waals surface area contributed by atoms with Crippen LogP contribution in [0.5, 0.6) is 0 Å². The Balaban J connectivity index is 2.70. The molecule has 0 radical (unpaired) electrons. The molecule has 0 spiro atoms. The van der Waals surface area contributed by atoms with Crippen LogP contribution in [0.2, 0.25) is 0 Å². The van der Waals surface area contributed by atoms with E-state index in [1.807, 2.05) is 0 Å². The number of hydrogen-bond acceptors (Lipinski definition) is 6. The van der Waals surface area contributed by atoms with Gasteiger partial charge in [0.25, 0.3) is 5.91 Å². The Morgan fingerprint density at radius 2 is 1.71 bits per heavy atom. The third kappa shape index (κ3) is 4.83. The molecule has 1 rings (SSSR count). The molecule has 0 saturated carbocycles. The number of carbonyl (C=O) groups excluding carboxylic acids is 4. The first-order valence-corrected chi connectivity index (χ1v) is 7.32. The summed E-state index contributed by atoms with van der Waals surface area (Å²) in [6.45, 7) is 4.34. The van der Waals surface area contributed by atoms with Crippen molar-refractivity contribution in [3.8, 4) is 0 Å². The molecule has 0 aliphatic rings. The third-order valence-electron chi connectivity index (χ3n) is 3.18. The number of ether oxygens (including phenoxy) is 2. The summed E-state index contributed by atoms with van der Waals surface area (Å²) in [5, 5.41) is 4.64. The second-order valence-corrected chi connectivity index (χ2v) is 4.87. The normalized spacial score (nSPS) is 10.0. The molecule has 1 aromatic rings. The van der Waals surface area contributed by atoms with Crippen LogP contribution in [0.4, 0.5) is 0 Å². The summed E-state index contributed by atoms with van der Waals surface area (Å²) in [5.74, 6) is -2.29. The summed E-state index contributed by atoms with van der Waals surface area (Å²) in [7, 11) is 1.44. The second kappa shape index (κ2) is 8.70. The number of hydrogen-bond donors (Lipinski definition) is 3. The average Bonchev–Trinajstić information content (AvgIpc) is 2.85. The molecule has 0 saturated heterocycles. The van der Waals surface area contributed by atoms with Crippen LogP contribution in [0.3, 0.4) is 0 Å². The second-order valence-electron chi connectivity index (χ2n) is 4.87. The molecular formula is C15H21N3O6. The van der Waals surface area contributed by atoms with Crippen LogP contribution in [0.1, 0.15) is 39.0 Å². The van der Waals surface area contributed by atoms with E-state index in [2.05, 4.69) is 15.6 Å². The number of likely N-dealkylation sites (N-methyl/N-ethyl adjacent to an activating group) is 1. The number of nitrogens with one attached hydrogen (secondary N) is 3. The van der Waals surface area contributed by atoms with Gasteiger partial charge in [-0.2, -0.15) is 0 Å². The van der Waals surface area contributed by atoms with Crippen molar-refractivity contribution in [3.05, 3.63) is 22.5 Å². The zero-order chi connectivity index (χ0) is 18.3. The maximum atomic E-state index is 12.1. The quantitative estimate of drug-likeness (QED) is 0.592. The molecule has 0 aliphatic heterocycles. The minimum absolute atomic E-state index is 0.172.